The number of nitrogens with zero attached hydrogens (tertiary/aromatic N) is 1. The van der Waals surface area contributed by atoms with Crippen LogP contribution in [0.3, 0.4) is 0 Å². The van der Waals surface area contributed by atoms with Crippen LogP contribution in [0.4, 0.5) is 0 Å². The van der Waals surface area contributed by atoms with Gasteiger partial charge in [-0.15, -0.1) is 0 Å². The maximum atomic E-state index is 11.5. The molecule has 0 fully saturated rings. The molecule has 1 unspecified atom stereocenters. The lowest BCUT2D eigenvalue weighted by molar-refractivity contribution is 0.528. The Labute approximate surface area is 135 Å². The lowest BCUT2D eigenvalue weighted by atomic mass is 10.0. The van der Waals surface area contributed by atoms with Gasteiger partial charge in [0.15, 0.2) is 5.58 Å². The maximum absolute atomic E-state index is 11.5. The van der Waals surface area contributed by atoms with E-state index < -0.39 is 0 Å². The molecule has 21 heavy (non-hydrogen) atoms. The SMILES string of the molecule is Cc1cc(C(Br)c2ccc3c(c2)oc(=O)n3C)ccc1Cl. The molecule has 1 aromatic heterocycles. The molecule has 0 radical (unpaired) electrons. The molecule has 1 heterocycles. The van der Waals surface area contributed by atoms with Crippen molar-refractivity contribution in [3.63, 3.8) is 0 Å². The Kier molecular flexibility index (Phi) is 3.68. The van der Waals surface area contributed by atoms with Crippen molar-refractivity contribution in [2.45, 2.75) is 11.8 Å². The fraction of sp³-hybridized carbons (Fsp3) is 0.188. The molecule has 3 nitrogen and oxygen atoms in total. The van der Waals surface area contributed by atoms with Gasteiger partial charge < -0.3 is 4.42 Å². The topological polar surface area (TPSA) is 35.1 Å². The molecular weight excluding hydrogens is 354 g/mol. The van der Waals surface area contributed by atoms with Gasteiger partial charge in [-0.2, -0.15) is 0 Å². The summed E-state index contributed by atoms with van der Waals surface area (Å²) < 4.78 is 6.73. The Morgan fingerprint density at radius 1 is 1.19 bits per heavy atom. The Bertz CT molecular complexity index is 882. The first-order valence-electron chi connectivity index (χ1n) is 6.47. The second-order valence-corrected chi connectivity index (χ2v) is 6.35. The van der Waals surface area contributed by atoms with Crippen LogP contribution in [-0.2, 0) is 7.05 Å². The lowest BCUT2D eigenvalue weighted by Gasteiger charge is -2.12. The van der Waals surface area contributed by atoms with Gasteiger partial charge >= 0.3 is 5.76 Å². The average Bonchev–Trinajstić information content (AvgIpc) is 2.76. The minimum absolute atomic E-state index is 0.0170. The molecule has 0 bridgehead atoms. The zero-order valence-corrected chi connectivity index (χ0v) is 13.9. The van der Waals surface area contributed by atoms with E-state index in [1.807, 2.05) is 43.3 Å². The maximum Gasteiger partial charge on any atom is 0.419 e. The number of hydrogen-bond donors (Lipinski definition) is 0. The highest BCUT2D eigenvalue weighted by Gasteiger charge is 2.14. The van der Waals surface area contributed by atoms with Crippen LogP contribution in [0.2, 0.25) is 5.02 Å². The summed E-state index contributed by atoms with van der Waals surface area (Å²) in [6, 6.07) is 11.7. The molecule has 1 atom stereocenters. The highest BCUT2D eigenvalue weighted by atomic mass is 79.9. The lowest BCUT2D eigenvalue weighted by Crippen LogP contribution is -2.08. The largest absolute Gasteiger partial charge is 0.419 e. The van der Waals surface area contributed by atoms with Crippen LogP contribution in [0, 0.1) is 6.92 Å². The molecule has 0 aliphatic carbocycles. The molecule has 0 saturated heterocycles. The summed E-state index contributed by atoms with van der Waals surface area (Å²) in [6.45, 7) is 1.98. The van der Waals surface area contributed by atoms with Crippen molar-refractivity contribution in [3.05, 3.63) is 68.7 Å². The van der Waals surface area contributed by atoms with Gasteiger partial charge in [-0.25, -0.2) is 4.79 Å². The van der Waals surface area contributed by atoms with Gasteiger partial charge in [-0.3, -0.25) is 4.57 Å². The van der Waals surface area contributed by atoms with E-state index in [0.29, 0.717) is 5.58 Å². The Morgan fingerprint density at radius 2 is 1.86 bits per heavy atom. The van der Waals surface area contributed by atoms with Gasteiger partial charge in [-0.1, -0.05) is 45.7 Å². The van der Waals surface area contributed by atoms with Gasteiger partial charge in [0.2, 0.25) is 0 Å². The molecule has 0 aliphatic rings. The predicted molar refractivity (Wildman–Crippen MR) is 88.4 cm³/mol. The van der Waals surface area contributed by atoms with Gasteiger partial charge in [0.05, 0.1) is 10.3 Å². The second-order valence-electron chi connectivity index (χ2n) is 5.03. The van der Waals surface area contributed by atoms with Crippen LogP contribution in [0.25, 0.3) is 11.1 Å². The summed E-state index contributed by atoms with van der Waals surface area (Å²) >= 11 is 9.76. The normalized spacial score (nSPS) is 12.8. The van der Waals surface area contributed by atoms with Crippen molar-refractivity contribution >= 4 is 38.6 Å². The van der Waals surface area contributed by atoms with Crippen LogP contribution >= 0.6 is 27.5 Å². The number of benzene rings is 2. The molecule has 3 rings (SSSR count). The van der Waals surface area contributed by atoms with Crippen molar-refractivity contribution in [1.82, 2.24) is 4.57 Å². The second kappa shape index (κ2) is 5.35. The molecule has 0 N–H and O–H groups in total. The standard InChI is InChI=1S/C16H13BrClNO2/c1-9-7-10(3-5-12(9)18)15(17)11-4-6-13-14(8-11)21-16(20)19(13)2/h3-8,15H,1-2H3. The highest BCUT2D eigenvalue weighted by molar-refractivity contribution is 9.09. The van der Waals surface area contributed by atoms with Gasteiger partial charge in [0.25, 0.3) is 0 Å². The molecule has 0 amide bonds. The zero-order chi connectivity index (χ0) is 15.1. The smallest absolute Gasteiger partial charge is 0.408 e. The van der Waals surface area contributed by atoms with E-state index >= 15 is 0 Å². The number of oxazole rings is 1. The summed E-state index contributed by atoms with van der Waals surface area (Å²) in [7, 11) is 1.70. The molecule has 0 spiro atoms. The molecule has 0 aliphatic heterocycles. The summed E-state index contributed by atoms with van der Waals surface area (Å²) in [4.78, 5) is 11.6. The number of aromatic nitrogens is 1. The minimum atomic E-state index is -0.351. The van der Waals surface area contributed by atoms with E-state index in [1.165, 1.54) is 4.57 Å². The minimum Gasteiger partial charge on any atom is -0.408 e. The molecule has 3 aromatic rings. The fourth-order valence-corrected chi connectivity index (χ4v) is 3.01. The molecule has 5 heteroatoms. The quantitative estimate of drug-likeness (QED) is 0.622. The third-order valence-corrected chi connectivity index (χ3v) is 5.07. The van der Waals surface area contributed by atoms with Crippen molar-refractivity contribution < 1.29 is 4.42 Å². The van der Waals surface area contributed by atoms with Crippen molar-refractivity contribution in [2.24, 2.45) is 7.05 Å². The molecule has 2 aromatic carbocycles. The summed E-state index contributed by atoms with van der Waals surface area (Å²) in [5.74, 6) is -0.351. The van der Waals surface area contributed by atoms with E-state index in [-0.39, 0.29) is 10.6 Å². The van der Waals surface area contributed by atoms with Gasteiger partial charge in [-0.05, 0) is 41.8 Å². The number of alkyl halides is 1. The monoisotopic (exact) mass is 365 g/mol. The zero-order valence-electron chi connectivity index (χ0n) is 11.6. The number of rotatable bonds is 2. The summed E-state index contributed by atoms with van der Waals surface area (Å²) in [5.41, 5.74) is 4.55. The third-order valence-electron chi connectivity index (χ3n) is 3.58. The third kappa shape index (κ3) is 2.54. The number of aryl methyl sites for hydroxylation is 2. The van der Waals surface area contributed by atoms with E-state index in [9.17, 15) is 4.79 Å². The predicted octanol–water partition coefficient (Wildman–Crippen LogP) is 4.58. The van der Waals surface area contributed by atoms with E-state index in [1.54, 1.807) is 7.05 Å². The Morgan fingerprint density at radius 3 is 2.57 bits per heavy atom. The number of halogens is 2. The van der Waals surface area contributed by atoms with Crippen molar-refractivity contribution in [2.75, 3.05) is 0 Å². The van der Waals surface area contributed by atoms with Gasteiger partial charge in [0, 0.05) is 12.1 Å². The number of hydrogen-bond acceptors (Lipinski definition) is 2. The van der Waals surface area contributed by atoms with E-state index in [4.69, 9.17) is 16.0 Å². The Balaban J connectivity index is 2.06. The molecule has 108 valence electrons. The van der Waals surface area contributed by atoms with E-state index in [0.717, 1.165) is 27.2 Å². The first kappa shape index (κ1) is 14.4. The van der Waals surface area contributed by atoms with Crippen LogP contribution < -0.4 is 5.76 Å². The molecule has 0 saturated carbocycles. The first-order chi connectivity index (χ1) is 9.97. The Hall–Kier alpha value is -1.52. The van der Waals surface area contributed by atoms with Crippen LogP contribution in [0.15, 0.2) is 45.6 Å². The van der Waals surface area contributed by atoms with Crippen LogP contribution in [0.5, 0.6) is 0 Å². The van der Waals surface area contributed by atoms with Crippen molar-refractivity contribution in [3.8, 4) is 0 Å². The molecular formula is C16H13BrClNO2. The van der Waals surface area contributed by atoms with Crippen LogP contribution in [-0.4, -0.2) is 4.57 Å². The number of fused-ring (bicyclic) bond motifs is 1. The van der Waals surface area contributed by atoms with E-state index in [2.05, 4.69) is 15.9 Å². The van der Waals surface area contributed by atoms with Crippen LogP contribution in [0.1, 0.15) is 21.5 Å². The highest BCUT2D eigenvalue weighted by Crippen LogP contribution is 2.33. The van der Waals surface area contributed by atoms with Gasteiger partial charge in [0.1, 0.15) is 0 Å². The summed E-state index contributed by atoms with van der Waals surface area (Å²) in [6.07, 6.45) is 0. The fourth-order valence-electron chi connectivity index (χ4n) is 2.33. The average molecular weight is 367 g/mol. The summed E-state index contributed by atoms with van der Waals surface area (Å²) in [5, 5.41) is 0.753. The van der Waals surface area contributed by atoms with Crippen molar-refractivity contribution in [1.29, 1.82) is 0 Å². The first-order valence-corrected chi connectivity index (χ1v) is 7.76.